The van der Waals surface area contributed by atoms with Gasteiger partial charge < -0.3 is 5.73 Å². The van der Waals surface area contributed by atoms with E-state index >= 15 is 0 Å². The Morgan fingerprint density at radius 3 is 2.62 bits per heavy atom. The molecule has 0 unspecified atom stereocenters. The van der Waals surface area contributed by atoms with Gasteiger partial charge in [-0.3, -0.25) is 9.67 Å². The smallest absolute Gasteiger partial charge is 0.0675 e. The molecule has 0 aromatic carbocycles. The van der Waals surface area contributed by atoms with E-state index in [1.807, 2.05) is 24.9 Å². The predicted octanol–water partition coefficient (Wildman–Crippen LogP) is 1.56. The zero-order valence-electron chi connectivity index (χ0n) is 9.86. The Hall–Kier alpha value is -1.68. The SMILES string of the molecule is Cc1nn(C)c(C)c1-c1cncc(CN)c1. The van der Waals surface area contributed by atoms with E-state index in [1.54, 1.807) is 6.20 Å². The zero-order valence-corrected chi connectivity index (χ0v) is 9.86. The lowest BCUT2D eigenvalue weighted by Crippen LogP contribution is -1.97. The Labute approximate surface area is 95.1 Å². The van der Waals surface area contributed by atoms with Gasteiger partial charge >= 0.3 is 0 Å². The number of aromatic nitrogens is 3. The van der Waals surface area contributed by atoms with Crippen molar-refractivity contribution in [3.63, 3.8) is 0 Å². The lowest BCUT2D eigenvalue weighted by molar-refractivity contribution is 0.731. The molecule has 0 radical (unpaired) electrons. The summed E-state index contributed by atoms with van der Waals surface area (Å²) in [6, 6.07) is 2.07. The summed E-state index contributed by atoms with van der Waals surface area (Å²) in [5.41, 5.74) is 11.1. The number of pyridine rings is 1. The molecule has 0 fully saturated rings. The summed E-state index contributed by atoms with van der Waals surface area (Å²) in [6.45, 7) is 4.58. The maximum Gasteiger partial charge on any atom is 0.0675 e. The summed E-state index contributed by atoms with van der Waals surface area (Å²) < 4.78 is 1.89. The molecule has 4 nitrogen and oxygen atoms in total. The summed E-state index contributed by atoms with van der Waals surface area (Å²) in [5.74, 6) is 0. The van der Waals surface area contributed by atoms with Gasteiger partial charge in [-0.15, -0.1) is 0 Å². The molecular formula is C12H16N4. The molecule has 84 valence electrons. The topological polar surface area (TPSA) is 56.7 Å². The summed E-state index contributed by atoms with van der Waals surface area (Å²) in [7, 11) is 1.95. The van der Waals surface area contributed by atoms with Crippen LogP contribution < -0.4 is 5.73 Å². The van der Waals surface area contributed by atoms with Gasteiger partial charge in [0.15, 0.2) is 0 Å². The molecule has 4 heteroatoms. The highest BCUT2D eigenvalue weighted by atomic mass is 15.3. The molecular weight excluding hydrogens is 200 g/mol. The van der Waals surface area contributed by atoms with Gasteiger partial charge in [-0.05, 0) is 25.5 Å². The van der Waals surface area contributed by atoms with E-state index in [1.165, 1.54) is 0 Å². The van der Waals surface area contributed by atoms with Crippen molar-refractivity contribution < 1.29 is 0 Å². The lowest BCUT2D eigenvalue weighted by atomic mass is 10.0. The number of hydrogen-bond acceptors (Lipinski definition) is 3. The van der Waals surface area contributed by atoms with Crippen molar-refractivity contribution in [2.45, 2.75) is 20.4 Å². The summed E-state index contributed by atoms with van der Waals surface area (Å²) in [4.78, 5) is 4.21. The van der Waals surface area contributed by atoms with Crippen molar-refractivity contribution in [2.75, 3.05) is 0 Å². The van der Waals surface area contributed by atoms with Crippen LogP contribution in [0.4, 0.5) is 0 Å². The van der Waals surface area contributed by atoms with Crippen LogP contribution in [0, 0.1) is 13.8 Å². The molecule has 2 aromatic heterocycles. The highest BCUT2D eigenvalue weighted by molar-refractivity contribution is 5.68. The Kier molecular flexibility index (Phi) is 2.75. The largest absolute Gasteiger partial charge is 0.326 e. The second-order valence-electron chi connectivity index (χ2n) is 3.96. The van der Waals surface area contributed by atoms with E-state index < -0.39 is 0 Å². The van der Waals surface area contributed by atoms with Crippen LogP contribution >= 0.6 is 0 Å². The second kappa shape index (κ2) is 4.06. The molecule has 2 heterocycles. The first kappa shape index (κ1) is 10.8. The molecule has 0 aliphatic rings. The van der Waals surface area contributed by atoms with E-state index in [2.05, 4.69) is 23.1 Å². The Balaban J connectivity index is 2.58. The molecule has 0 spiro atoms. The van der Waals surface area contributed by atoms with E-state index in [9.17, 15) is 0 Å². The van der Waals surface area contributed by atoms with Gasteiger partial charge in [0.1, 0.15) is 0 Å². The van der Waals surface area contributed by atoms with Gasteiger partial charge in [0.05, 0.1) is 5.69 Å². The maximum atomic E-state index is 5.62. The van der Waals surface area contributed by atoms with Gasteiger partial charge in [0, 0.05) is 42.8 Å². The van der Waals surface area contributed by atoms with Crippen molar-refractivity contribution >= 4 is 0 Å². The fourth-order valence-corrected chi connectivity index (χ4v) is 1.93. The minimum absolute atomic E-state index is 0.513. The molecule has 16 heavy (non-hydrogen) atoms. The third-order valence-electron chi connectivity index (χ3n) is 2.83. The standard InChI is InChI=1S/C12H16N4/c1-8-12(9(2)16(3)15-8)11-4-10(5-13)6-14-7-11/h4,6-7H,5,13H2,1-3H3. The fraction of sp³-hybridized carbons (Fsp3) is 0.333. The molecule has 0 saturated heterocycles. The normalized spacial score (nSPS) is 10.8. The number of nitrogens with two attached hydrogens (primary N) is 1. The average molecular weight is 216 g/mol. The lowest BCUT2D eigenvalue weighted by Gasteiger charge is -2.03. The van der Waals surface area contributed by atoms with Crippen LogP contribution in [0.1, 0.15) is 17.0 Å². The quantitative estimate of drug-likeness (QED) is 0.828. The third-order valence-corrected chi connectivity index (χ3v) is 2.83. The minimum Gasteiger partial charge on any atom is -0.326 e. The van der Waals surface area contributed by atoms with E-state index in [0.717, 1.165) is 28.1 Å². The predicted molar refractivity (Wildman–Crippen MR) is 63.8 cm³/mol. The molecule has 2 rings (SSSR count). The first-order valence-electron chi connectivity index (χ1n) is 5.28. The first-order valence-corrected chi connectivity index (χ1v) is 5.28. The summed E-state index contributed by atoms with van der Waals surface area (Å²) in [5, 5.41) is 4.40. The molecule has 2 N–H and O–H groups in total. The van der Waals surface area contributed by atoms with Crippen LogP contribution in [-0.4, -0.2) is 14.8 Å². The maximum absolute atomic E-state index is 5.62. The van der Waals surface area contributed by atoms with Gasteiger partial charge in [0.25, 0.3) is 0 Å². The Bertz CT molecular complexity index is 514. The van der Waals surface area contributed by atoms with Gasteiger partial charge in [0.2, 0.25) is 0 Å². The molecule has 0 amide bonds. The molecule has 0 aliphatic carbocycles. The second-order valence-corrected chi connectivity index (χ2v) is 3.96. The summed E-state index contributed by atoms with van der Waals surface area (Å²) in [6.07, 6.45) is 3.65. The molecule has 0 aliphatic heterocycles. The van der Waals surface area contributed by atoms with Crippen LogP contribution in [0.15, 0.2) is 18.5 Å². The third kappa shape index (κ3) is 1.72. The van der Waals surface area contributed by atoms with Crippen LogP contribution in [0.3, 0.4) is 0 Å². The summed E-state index contributed by atoms with van der Waals surface area (Å²) >= 11 is 0. The van der Waals surface area contributed by atoms with Crippen LogP contribution in [-0.2, 0) is 13.6 Å². The van der Waals surface area contributed by atoms with Crippen molar-refractivity contribution in [1.29, 1.82) is 0 Å². The first-order chi connectivity index (χ1) is 7.63. The Morgan fingerprint density at radius 2 is 2.06 bits per heavy atom. The number of nitrogens with zero attached hydrogens (tertiary/aromatic N) is 3. The van der Waals surface area contributed by atoms with Gasteiger partial charge in [-0.2, -0.15) is 5.10 Å². The van der Waals surface area contributed by atoms with E-state index in [-0.39, 0.29) is 0 Å². The minimum atomic E-state index is 0.513. The molecule has 0 saturated carbocycles. The van der Waals surface area contributed by atoms with Crippen molar-refractivity contribution in [3.05, 3.63) is 35.4 Å². The molecule has 0 bridgehead atoms. The van der Waals surface area contributed by atoms with E-state index in [0.29, 0.717) is 6.54 Å². The van der Waals surface area contributed by atoms with Crippen molar-refractivity contribution in [1.82, 2.24) is 14.8 Å². The van der Waals surface area contributed by atoms with Gasteiger partial charge in [-0.1, -0.05) is 0 Å². The molecule has 2 aromatic rings. The highest BCUT2D eigenvalue weighted by Crippen LogP contribution is 2.26. The number of hydrogen-bond donors (Lipinski definition) is 1. The molecule has 0 atom stereocenters. The van der Waals surface area contributed by atoms with Crippen LogP contribution in [0.2, 0.25) is 0 Å². The van der Waals surface area contributed by atoms with Crippen molar-refractivity contribution in [2.24, 2.45) is 12.8 Å². The van der Waals surface area contributed by atoms with Crippen molar-refractivity contribution in [3.8, 4) is 11.1 Å². The van der Waals surface area contributed by atoms with Gasteiger partial charge in [-0.25, -0.2) is 0 Å². The zero-order chi connectivity index (χ0) is 11.7. The number of aryl methyl sites for hydroxylation is 2. The van der Waals surface area contributed by atoms with Crippen LogP contribution in [0.5, 0.6) is 0 Å². The highest BCUT2D eigenvalue weighted by Gasteiger charge is 2.11. The number of rotatable bonds is 2. The van der Waals surface area contributed by atoms with Crippen LogP contribution in [0.25, 0.3) is 11.1 Å². The fourth-order valence-electron chi connectivity index (χ4n) is 1.93. The monoisotopic (exact) mass is 216 g/mol. The van der Waals surface area contributed by atoms with E-state index in [4.69, 9.17) is 5.73 Å². The Morgan fingerprint density at radius 1 is 1.31 bits per heavy atom. The average Bonchev–Trinajstić information content (AvgIpc) is 2.53.